The lowest BCUT2D eigenvalue weighted by atomic mass is 10.1. The molecule has 0 aliphatic heterocycles. The van der Waals surface area contributed by atoms with Crippen LogP contribution in [-0.2, 0) is 10.8 Å². The van der Waals surface area contributed by atoms with Crippen molar-refractivity contribution in [3.8, 4) is 6.07 Å². The van der Waals surface area contributed by atoms with E-state index in [0.29, 0.717) is 20.9 Å². The highest BCUT2D eigenvalue weighted by Crippen LogP contribution is 2.28. The van der Waals surface area contributed by atoms with E-state index in [-0.39, 0.29) is 0 Å². The molecule has 0 fully saturated rings. The number of hydrogen-bond acceptors (Lipinski definition) is 3. The average Bonchev–Trinajstić information content (AvgIpc) is 2.27. The van der Waals surface area contributed by atoms with Crippen molar-refractivity contribution in [3.05, 3.63) is 35.1 Å². The maximum absolute atomic E-state index is 11.5. The van der Waals surface area contributed by atoms with E-state index in [1.807, 2.05) is 6.07 Å². The highest BCUT2D eigenvalue weighted by molar-refractivity contribution is 7.84. The van der Waals surface area contributed by atoms with Gasteiger partial charge in [-0.15, -0.1) is 0 Å². The monoisotopic (exact) mass is 250 g/mol. The fraction of sp³-hybridized carbons (Fsp3) is 0.0909. The summed E-state index contributed by atoms with van der Waals surface area (Å²) in [5.41, 5.74) is 0.374. The molecule has 0 aliphatic rings. The third-order valence-corrected chi connectivity index (χ3v) is 3.54. The highest BCUT2D eigenvalue weighted by atomic mass is 35.5. The largest absolute Gasteiger partial charge is 0.263 e. The molecule has 16 heavy (non-hydrogen) atoms. The zero-order chi connectivity index (χ0) is 11.7. The van der Waals surface area contributed by atoms with Gasteiger partial charge in [-0.05, 0) is 6.07 Å². The molecule has 2 aromatic rings. The zero-order valence-corrected chi connectivity index (χ0v) is 9.97. The van der Waals surface area contributed by atoms with Crippen molar-refractivity contribution in [1.29, 1.82) is 5.26 Å². The van der Waals surface area contributed by atoms with Crippen LogP contribution in [-0.4, -0.2) is 15.4 Å². The maximum Gasteiger partial charge on any atom is 0.101 e. The molecule has 0 amide bonds. The molecule has 0 radical (unpaired) electrons. The highest BCUT2D eigenvalue weighted by Gasteiger charge is 2.10. The fourth-order valence-corrected chi connectivity index (χ4v) is 2.44. The van der Waals surface area contributed by atoms with Gasteiger partial charge in [0.15, 0.2) is 0 Å². The van der Waals surface area contributed by atoms with Crippen LogP contribution in [0.5, 0.6) is 0 Å². The Kier molecular flexibility index (Phi) is 2.90. The lowest BCUT2D eigenvalue weighted by molar-refractivity contribution is 0.687. The van der Waals surface area contributed by atoms with E-state index in [9.17, 15) is 4.21 Å². The molecule has 1 heterocycles. The van der Waals surface area contributed by atoms with E-state index in [0.717, 1.165) is 5.39 Å². The fourth-order valence-electron chi connectivity index (χ4n) is 1.53. The number of benzene rings is 1. The molecule has 0 aliphatic carbocycles. The molecule has 1 atom stereocenters. The van der Waals surface area contributed by atoms with Gasteiger partial charge in [0.05, 0.1) is 26.3 Å². The van der Waals surface area contributed by atoms with Gasteiger partial charge in [0, 0.05) is 29.4 Å². The SMILES string of the molecule is CS(=O)c1cncc2c(C#N)c(Cl)ccc12. The van der Waals surface area contributed by atoms with Gasteiger partial charge in [-0.1, -0.05) is 17.7 Å². The second-order valence-corrected chi connectivity index (χ2v) is 4.98. The first-order valence-electron chi connectivity index (χ1n) is 4.45. The first-order chi connectivity index (χ1) is 7.65. The van der Waals surface area contributed by atoms with Gasteiger partial charge in [-0.2, -0.15) is 5.26 Å². The van der Waals surface area contributed by atoms with E-state index < -0.39 is 10.8 Å². The van der Waals surface area contributed by atoms with Crippen LogP contribution < -0.4 is 0 Å². The second-order valence-electron chi connectivity index (χ2n) is 3.22. The Bertz CT molecular complexity index is 634. The van der Waals surface area contributed by atoms with Crippen molar-refractivity contribution in [2.45, 2.75) is 4.90 Å². The zero-order valence-electron chi connectivity index (χ0n) is 8.40. The van der Waals surface area contributed by atoms with Crippen molar-refractivity contribution in [1.82, 2.24) is 4.98 Å². The molecule has 1 aromatic heterocycles. The number of hydrogen-bond donors (Lipinski definition) is 0. The van der Waals surface area contributed by atoms with Gasteiger partial charge in [0.25, 0.3) is 0 Å². The summed E-state index contributed by atoms with van der Waals surface area (Å²) in [6.45, 7) is 0. The van der Waals surface area contributed by atoms with Gasteiger partial charge in [-0.25, -0.2) is 0 Å². The van der Waals surface area contributed by atoms with Crippen molar-refractivity contribution in [3.63, 3.8) is 0 Å². The molecule has 2 rings (SSSR count). The minimum atomic E-state index is -1.14. The first kappa shape index (κ1) is 11.1. The number of nitriles is 1. The molecule has 3 nitrogen and oxygen atoms in total. The van der Waals surface area contributed by atoms with E-state index in [1.165, 1.54) is 0 Å². The van der Waals surface area contributed by atoms with Gasteiger partial charge in [-0.3, -0.25) is 9.19 Å². The molecular formula is C11H7ClN2OS. The maximum atomic E-state index is 11.5. The minimum Gasteiger partial charge on any atom is -0.263 e. The Morgan fingerprint density at radius 1 is 1.38 bits per heavy atom. The molecular weight excluding hydrogens is 244 g/mol. The topological polar surface area (TPSA) is 53.8 Å². The predicted octanol–water partition coefficient (Wildman–Crippen LogP) is 2.50. The summed E-state index contributed by atoms with van der Waals surface area (Å²) in [6.07, 6.45) is 4.70. The third-order valence-electron chi connectivity index (χ3n) is 2.28. The van der Waals surface area contributed by atoms with Crippen molar-refractivity contribution in [2.24, 2.45) is 0 Å². The first-order valence-corrected chi connectivity index (χ1v) is 6.38. The van der Waals surface area contributed by atoms with Crippen LogP contribution in [0, 0.1) is 11.3 Å². The molecule has 1 unspecified atom stereocenters. The number of fused-ring (bicyclic) bond motifs is 1. The Labute approximate surface area is 100 Å². The standard InChI is InChI=1S/C11H7ClN2OS/c1-16(15)11-6-14-5-9-7(11)2-3-10(12)8(9)4-13/h2-3,5-6H,1H3. The van der Waals surface area contributed by atoms with E-state index in [4.69, 9.17) is 16.9 Å². The lowest BCUT2D eigenvalue weighted by Gasteiger charge is -2.05. The molecule has 0 N–H and O–H groups in total. The summed E-state index contributed by atoms with van der Waals surface area (Å²) in [4.78, 5) is 4.60. The molecule has 5 heteroatoms. The summed E-state index contributed by atoms with van der Waals surface area (Å²) < 4.78 is 11.5. The summed E-state index contributed by atoms with van der Waals surface area (Å²) in [6, 6.07) is 5.43. The Hall–Kier alpha value is -1.44. The molecule has 1 aromatic carbocycles. The number of pyridine rings is 1. The van der Waals surface area contributed by atoms with E-state index in [2.05, 4.69) is 4.98 Å². The van der Waals surface area contributed by atoms with Crippen LogP contribution in [0.15, 0.2) is 29.4 Å². The predicted molar refractivity (Wildman–Crippen MR) is 63.8 cm³/mol. The molecule has 0 saturated carbocycles. The average molecular weight is 251 g/mol. The normalized spacial score (nSPS) is 12.3. The Morgan fingerprint density at radius 2 is 2.12 bits per heavy atom. The van der Waals surface area contributed by atoms with Crippen molar-refractivity contribution in [2.75, 3.05) is 6.26 Å². The minimum absolute atomic E-state index is 0.374. The molecule has 0 spiro atoms. The van der Waals surface area contributed by atoms with Crippen LogP contribution in [0.1, 0.15) is 5.56 Å². The third kappa shape index (κ3) is 1.69. The molecule has 0 saturated heterocycles. The van der Waals surface area contributed by atoms with Crippen LogP contribution in [0.25, 0.3) is 10.8 Å². The van der Waals surface area contributed by atoms with Crippen LogP contribution in [0.4, 0.5) is 0 Å². The number of rotatable bonds is 1. The van der Waals surface area contributed by atoms with Gasteiger partial charge in [0.1, 0.15) is 6.07 Å². The Balaban J connectivity index is 2.94. The summed E-state index contributed by atoms with van der Waals surface area (Å²) in [5, 5.41) is 10.8. The van der Waals surface area contributed by atoms with Gasteiger partial charge in [0.2, 0.25) is 0 Å². The smallest absolute Gasteiger partial charge is 0.101 e. The summed E-state index contributed by atoms with van der Waals surface area (Å²) in [5.74, 6) is 0. The van der Waals surface area contributed by atoms with Crippen LogP contribution in [0.3, 0.4) is 0 Å². The van der Waals surface area contributed by atoms with E-state index >= 15 is 0 Å². The second kappa shape index (κ2) is 4.20. The van der Waals surface area contributed by atoms with Crippen molar-refractivity contribution >= 4 is 33.2 Å². The van der Waals surface area contributed by atoms with E-state index in [1.54, 1.807) is 30.8 Å². The van der Waals surface area contributed by atoms with Crippen LogP contribution in [0.2, 0.25) is 5.02 Å². The summed E-state index contributed by atoms with van der Waals surface area (Å²) >= 11 is 5.91. The summed E-state index contributed by atoms with van der Waals surface area (Å²) in [7, 11) is -1.14. The number of halogens is 1. The lowest BCUT2D eigenvalue weighted by Crippen LogP contribution is -1.93. The Morgan fingerprint density at radius 3 is 2.75 bits per heavy atom. The van der Waals surface area contributed by atoms with Gasteiger partial charge >= 0.3 is 0 Å². The molecule has 80 valence electrons. The number of aromatic nitrogens is 1. The van der Waals surface area contributed by atoms with Crippen LogP contribution >= 0.6 is 11.6 Å². The molecule has 0 bridgehead atoms. The number of nitrogens with zero attached hydrogens (tertiary/aromatic N) is 2. The quantitative estimate of drug-likeness (QED) is 0.781. The van der Waals surface area contributed by atoms with Gasteiger partial charge < -0.3 is 0 Å². The van der Waals surface area contributed by atoms with Crippen molar-refractivity contribution < 1.29 is 4.21 Å².